The van der Waals surface area contributed by atoms with Gasteiger partial charge in [-0.1, -0.05) is 47.4 Å². The number of carbonyl (C=O) groups excluding carboxylic acids is 2. The lowest BCUT2D eigenvalue weighted by atomic mass is 10.2. The van der Waals surface area contributed by atoms with Crippen molar-refractivity contribution in [3.05, 3.63) is 47.0 Å². The molecule has 134 valence electrons. The summed E-state index contributed by atoms with van der Waals surface area (Å²) in [5, 5.41) is 4.95. The van der Waals surface area contributed by atoms with Gasteiger partial charge >= 0.3 is 5.97 Å². The molecule has 0 bridgehead atoms. The number of benzene rings is 1. The normalized spacial score (nSPS) is 10.7. The zero-order valence-corrected chi connectivity index (χ0v) is 15.9. The van der Waals surface area contributed by atoms with Gasteiger partial charge in [-0.2, -0.15) is 0 Å². The van der Waals surface area contributed by atoms with E-state index in [1.165, 1.54) is 11.8 Å². The lowest BCUT2D eigenvalue weighted by Crippen LogP contribution is -2.13. The number of para-hydroxylation sites is 1. The van der Waals surface area contributed by atoms with Gasteiger partial charge in [-0.25, -0.2) is 14.8 Å². The minimum Gasteiger partial charge on any atom is -0.462 e. The number of aromatic nitrogens is 2. The van der Waals surface area contributed by atoms with Crippen LogP contribution in [0.3, 0.4) is 0 Å². The maximum atomic E-state index is 12.2. The minimum absolute atomic E-state index is 0.200. The predicted octanol–water partition coefficient (Wildman–Crippen LogP) is 3.91. The van der Waals surface area contributed by atoms with E-state index in [9.17, 15) is 9.59 Å². The molecule has 1 N–H and O–H groups in total. The second-order valence-electron chi connectivity index (χ2n) is 5.33. The number of amides is 1. The second-order valence-corrected chi connectivity index (χ2v) is 7.33. The smallest absolute Gasteiger partial charge is 0.350 e. The Hall–Kier alpha value is -2.45. The second kappa shape index (κ2) is 8.29. The Morgan fingerprint density at radius 2 is 2.00 bits per heavy atom. The highest BCUT2D eigenvalue weighted by molar-refractivity contribution is 7.99. The Morgan fingerprint density at radius 1 is 1.19 bits per heavy atom. The van der Waals surface area contributed by atoms with Crippen LogP contribution in [0.4, 0.5) is 5.13 Å². The number of ether oxygens (including phenoxy) is 1. The third kappa shape index (κ3) is 4.39. The van der Waals surface area contributed by atoms with Crippen LogP contribution in [0.2, 0.25) is 0 Å². The van der Waals surface area contributed by atoms with Gasteiger partial charge in [-0.3, -0.25) is 4.79 Å². The molecule has 2 heterocycles. The Morgan fingerprint density at radius 3 is 2.81 bits per heavy atom. The molecule has 0 aliphatic heterocycles. The first-order valence-electron chi connectivity index (χ1n) is 8.00. The van der Waals surface area contributed by atoms with Crippen molar-refractivity contribution >= 4 is 51.0 Å². The molecule has 0 spiro atoms. The summed E-state index contributed by atoms with van der Waals surface area (Å²) in [4.78, 5) is 33.1. The van der Waals surface area contributed by atoms with E-state index in [0.29, 0.717) is 22.3 Å². The lowest BCUT2D eigenvalue weighted by Gasteiger charge is -2.03. The van der Waals surface area contributed by atoms with Crippen molar-refractivity contribution in [1.29, 1.82) is 0 Å². The van der Waals surface area contributed by atoms with Crippen molar-refractivity contribution in [2.24, 2.45) is 0 Å². The van der Waals surface area contributed by atoms with Crippen molar-refractivity contribution in [3.63, 3.8) is 0 Å². The Bertz CT molecular complexity index is 956. The Balaban J connectivity index is 1.60. The van der Waals surface area contributed by atoms with E-state index >= 15 is 0 Å². The van der Waals surface area contributed by atoms with Crippen molar-refractivity contribution < 1.29 is 14.3 Å². The van der Waals surface area contributed by atoms with Gasteiger partial charge in [-0.15, -0.1) is 0 Å². The minimum atomic E-state index is -0.419. The Kier molecular flexibility index (Phi) is 5.85. The Labute approximate surface area is 159 Å². The molecule has 0 saturated carbocycles. The predicted molar refractivity (Wildman–Crippen MR) is 104 cm³/mol. The molecule has 0 aliphatic rings. The molecule has 1 amide bonds. The largest absolute Gasteiger partial charge is 0.462 e. The molecule has 0 radical (unpaired) electrons. The summed E-state index contributed by atoms with van der Waals surface area (Å²) in [5.74, 6) is -0.412. The van der Waals surface area contributed by atoms with Crippen LogP contribution < -0.4 is 5.32 Å². The molecule has 0 saturated heterocycles. The SMILES string of the molecule is CCOC(=O)c1sc(NC(=O)CSc2ccc3ccccc3n2)nc1C. The number of hydrogen-bond acceptors (Lipinski definition) is 7. The van der Waals surface area contributed by atoms with Crippen LogP contribution in [0, 0.1) is 6.92 Å². The maximum absolute atomic E-state index is 12.2. The number of carbonyl (C=O) groups is 2. The molecule has 2 aromatic heterocycles. The number of esters is 1. The van der Waals surface area contributed by atoms with E-state index in [0.717, 1.165) is 27.3 Å². The van der Waals surface area contributed by atoms with E-state index in [1.807, 2.05) is 36.4 Å². The van der Waals surface area contributed by atoms with Crippen LogP contribution in [-0.2, 0) is 9.53 Å². The highest BCUT2D eigenvalue weighted by atomic mass is 32.2. The van der Waals surface area contributed by atoms with Crippen LogP contribution in [0.25, 0.3) is 10.9 Å². The summed E-state index contributed by atoms with van der Waals surface area (Å²) in [6, 6.07) is 11.7. The number of anilines is 1. The summed E-state index contributed by atoms with van der Waals surface area (Å²) < 4.78 is 4.97. The first kappa shape index (κ1) is 18.3. The zero-order chi connectivity index (χ0) is 18.5. The molecular weight excluding hydrogens is 370 g/mol. The van der Waals surface area contributed by atoms with Gasteiger partial charge in [0.25, 0.3) is 0 Å². The van der Waals surface area contributed by atoms with Crippen molar-refractivity contribution in [1.82, 2.24) is 9.97 Å². The summed E-state index contributed by atoms with van der Waals surface area (Å²) in [7, 11) is 0. The number of rotatable bonds is 6. The van der Waals surface area contributed by atoms with E-state index in [1.54, 1.807) is 13.8 Å². The van der Waals surface area contributed by atoms with Crippen molar-refractivity contribution in [3.8, 4) is 0 Å². The van der Waals surface area contributed by atoms with E-state index in [-0.39, 0.29) is 11.7 Å². The average molecular weight is 387 g/mol. The molecular formula is C18H17N3O3S2. The fraction of sp³-hybridized carbons (Fsp3) is 0.222. The summed E-state index contributed by atoms with van der Waals surface area (Å²) in [6.45, 7) is 3.76. The number of fused-ring (bicyclic) bond motifs is 1. The summed E-state index contributed by atoms with van der Waals surface area (Å²) in [5.41, 5.74) is 1.44. The van der Waals surface area contributed by atoms with Gasteiger partial charge in [0.1, 0.15) is 4.88 Å². The molecule has 0 unspecified atom stereocenters. The molecule has 26 heavy (non-hydrogen) atoms. The van der Waals surface area contributed by atoms with Crippen LogP contribution in [0.5, 0.6) is 0 Å². The average Bonchev–Trinajstić information content (AvgIpc) is 3.00. The first-order chi connectivity index (χ1) is 12.6. The molecule has 0 aliphatic carbocycles. The fourth-order valence-corrected chi connectivity index (χ4v) is 3.81. The molecule has 3 aromatic rings. The van der Waals surface area contributed by atoms with Crippen LogP contribution in [0.1, 0.15) is 22.3 Å². The molecule has 0 fully saturated rings. The van der Waals surface area contributed by atoms with Gasteiger partial charge < -0.3 is 10.1 Å². The zero-order valence-electron chi connectivity index (χ0n) is 14.3. The van der Waals surface area contributed by atoms with Gasteiger partial charge in [0.15, 0.2) is 5.13 Å². The quantitative estimate of drug-likeness (QED) is 0.510. The van der Waals surface area contributed by atoms with E-state index < -0.39 is 5.97 Å². The summed E-state index contributed by atoms with van der Waals surface area (Å²) in [6.07, 6.45) is 0. The van der Waals surface area contributed by atoms with E-state index in [4.69, 9.17) is 4.74 Å². The van der Waals surface area contributed by atoms with Gasteiger partial charge in [-0.05, 0) is 26.0 Å². The van der Waals surface area contributed by atoms with Gasteiger partial charge in [0, 0.05) is 5.39 Å². The number of hydrogen-bond donors (Lipinski definition) is 1. The maximum Gasteiger partial charge on any atom is 0.350 e. The summed E-state index contributed by atoms with van der Waals surface area (Å²) >= 11 is 2.47. The third-order valence-electron chi connectivity index (χ3n) is 3.43. The number of thiazole rings is 1. The molecule has 1 aromatic carbocycles. The fourth-order valence-electron chi connectivity index (χ4n) is 2.26. The molecule has 0 atom stereocenters. The van der Waals surface area contributed by atoms with Crippen LogP contribution in [-0.4, -0.2) is 34.2 Å². The monoisotopic (exact) mass is 387 g/mol. The number of aryl methyl sites for hydroxylation is 1. The van der Waals surface area contributed by atoms with Crippen LogP contribution >= 0.6 is 23.1 Å². The number of thioether (sulfide) groups is 1. The highest BCUT2D eigenvalue weighted by Gasteiger charge is 2.17. The number of pyridine rings is 1. The molecule has 8 heteroatoms. The van der Waals surface area contributed by atoms with Crippen molar-refractivity contribution in [2.75, 3.05) is 17.7 Å². The number of nitrogens with one attached hydrogen (secondary N) is 1. The first-order valence-corrected chi connectivity index (χ1v) is 9.80. The van der Waals surface area contributed by atoms with Gasteiger partial charge in [0.05, 0.1) is 28.6 Å². The van der Waals surface area contributed by atoms with Crippen LogP contribution in [0.15, 0.2) is 41.4 Å². The lowest BCUT2D eigenvalue weighted by molar-refractivity contribution is -0.113. The topological polar surface area (TPSA) is 81.2 Å². The van der Waals surface area contributed by atoms with E-state index in [2.05, 4.69) is 15.3 Å². The highest BCUT2D eigenvalue weighted by Crippen LogP contribution is 2.24. The molecule has 6 nitrogen and oxygen atoms in total. The van der Waals surface area contributed by atoms with Crippen molar-refractivity contribution in [2.45, 2.75) is 18.9 Å². The third-order valence-corrected chi connectivity index (χ3v) is 5.41. The van der Waals surface area contributed by atoms with Gasteiger partial charge in [0.2, 0.25) is 5.91 Å². The standard InChI is InChI=1S/C18H17N3O3S2/c1-3-24-17(23)16-11(2)19-18(26-16)21-14(22)10-25-15-9-8-12-6-4-5-7-13(12)20-15/h4-9H,3,10H2,1-2H3,(H,19,21,22). The molecule has 3 rings (SSSR count). The number of nitrogens with zero attached hydrogens (tertiary/aromatic N) is 2.